The Morgan fingerprint density at radius 3 is 2.44 bits per heavy atom. The van der Waals surface area contributed by atoms with E-state index in [1.807, 2.05) is 71.7 Å². The minimum atomic E-state index is 0. The Kier molecular flexibility index (Phi) is 5.23. The first-order valence-electron chi connectivity index (χ1n) is 4.74. The molecule has 2 rings (SSSR count). The largest absolute Gasteiger partial charge is 1.00 e. The molecule has 0 atom stereocenters. The molecule has 82 valence electrons. The summed E-state index contributed by atoms with van der Waals surface area (Å²) in [7, 11) is 0. The molecular formula is C13H11BrClN. The molecule has 2 aromatic rings. The Hall–Kier alpha value is -1.12. The Labute approximate surface area is 111 Å². The number of hydrogen-bond donors (Lipinski definition) is 0. The van der Waals surface area contributed by atoms with Crippen LogP contribution in [-0.2, 0) is 0 Å². The van der Waals surface area contributed by atoms with E-state index in [0.29, 0.717) is 0 Å². The van der Waals surface area contributed by atoms with Gasteiger partial charge in [-0.2, -0.15) is 4.57 Å². The zero-order valence-electron chi connectivity index (χ0n) is 8.55. The Bertz CT molecular complexity index is 468. The first kappa shape index (κ1) is 12.9. The minimum Gasteiger partial charge on any atom is -1.00 e. The summed E-state index contributed by atoms with van der Waals surface area (Å²) >= 11 is 5.89. The third-order valence-electron chi connectivity index (χ3n) is 2.03. The van der Waals surface area contributed by atoms with Gasteiger partial charge < -0.3 is 17.0 Å². The maximum atomic E-state index is 5.89. The van der Waals surface area contributed by atoms with Crippen LogP contribution in [0.2, 0.25) is 5.02 Å². The first-order valence-corrected chi connectivity index (χ1v) is 5.12. The van der Waals surface area contributed by atoms with Crippen LogP contribution >= 0.6 is 11.6 Å². The summed E-state index contributed by atoms with van der Waals surface area (Å²) in [4.78, 5) is 0. The molecule has 0 unspecified atom stereocenters. The van der Waals surface area contributed by atoms with Crippen LogP contribution in [0.5, 0.6) is 0 Å². The number of halogens is 2. The van der Waals surface area contributed by atoms with Crippen molar-refractivity contribution in [2.75, 3.05) is 0 Å². The van der Waals surface area contributed by atoms with Gasteiger partial charge in [-0.05, 0) is 17.7 Å². The lowest BCUT2D eigenvalue weighted by Crippen LogP contribution is -3.00. The molecule has 3 heteroatoms. The maximum absolute atomic E-state index is 5.89. The minimum absolute atomic E-state index is 0. The van der Waals surface area contributed by atoms with Crippen molar-refractivity contribution in [2.45, 2.75) is 0 Å². The van der Waals surface area contributed by atoms with E-state index >= 15 is 0 Å². The molecule has 1 aromatic carbocycles. The fourth-order valence-corrected chi connectivity index (χ4v) is 1.49. The van der Waals surface area contributed by atoms with Crippen molar-refractivity contribution in [1.29, 1.82) is 0 Å². The van der Waals surface area contributed by atoms with E-state index in [1.54, 1.807) is 0 Å². The molecule has 0 aliphatic carbocycles. The van der Waals surface area contributed by atoms with Gasteiger partial charge in [-0.15, -0.1) is 0 Å². The predicted octanol–water partition coefficient (Wildman–Crippen LogP) is 0.259. The van der Waals surface area contributed by atoms with Gasteiger partial charge in [0, 0.05) is 23.2 Å². The number of hydrogen-bond acceptors (Lipinski definition) is 0. The Morgan fingerprint density at radius 1 is 1.00 bits per heavy atom. The maximum Gasteiger partial charge on any atom is 0.175 e. The van der Waals surface area contributed by atoms with Gasteiger partial charge in [0.15, 0.2) is 18.6 Å². The zero-order valence-corrected chi connectivity index (χ0v) is 10.9. The van der Waals surface area contributed by atoms with Crippen molar-refractivity contribution in [3.05, 3.63) is 65.4 Å². The van der Waals surface area contributed by atoms with Crippen LogP contribution in [0.15, 0.2) is 54.9 Å². The summed E-state index contributed by atoms with van der Waals surface area (Å²) < 4.78 is 1.99. The number of aromatic nitrogens is 1. The summed E-state index contributed by atoms with van der Waals surface area (Å²) in [5.74, 6) is 0. The number of pyridine rings is 1. The average molecular weight is 297 g/mol. The highest BCUT2D eigenvalue weighted by atomic mass is 79.9. The van der Waals surface area contributed by atoms with E-state index in [2.05, 4.69) is 0 Å². The molecule has 0 radical (unpaired) electrons. The average Bonchev–Trinajstić information content (AvgIpc) is 2.28. The second-order valence-electron chi connectivity index (χ2n) is 3.19. The van der Waals surface area contributed by atoms with Crippen LogP contribution < -0.4 is 21.5 Å². The Balaban J connectivity index is 0.00000128. The monoisotopic (exact) mass is 295 g/mol. The molecule has 1 nitrogen and oxygen atoms in total. The van der Waals surface area contributed by atoms with Gasteiger partial charge in [0.25, 0.3) is 0 Å². The van der Waals surface area contributed by atoms with Crippen molar-refractivity contribution >= 4 is 23.9 Å². The van der Waals surface area contributed by atoms with Crippen molar-refractivity contribution in [3.8, 4) is 0 Å². The molecule has 0 N–H and O–H groups in total. The van der Waals surface area contributed by atoms with E-state index < -0.39 is 0 Å². The molecule has 16 heavy (non-hydrogen) atoms. The highest BCUT2D eigenvalue weighted by molar-refractivity contribution is 6.30. The van der Waals surface area contributed by atoms with Gasteiger partial charge in [0.2, 0.25) is 0 Å². The second kappa shape index (κ2) is 6.46. The van der Waals surface area contributed by atoms with E-state index in [4.69, 9.17) is 11.6 Å². The van der Waals surface area contributed by atoms with Gasteiger partial charge in [-0.1, -0.05) is 29.8 Å². The van der Waals surface area contributed by atoms with Crippen LogP contribution in [-0.4, -0.2) is 0 Å². The van der Waals surface area contributed by atoms with Gasteiger partial charge in [0.05, 0.1) is 0 Å². The number of nitrogens with zero attached hydrogens (tertiary/aromatic N) is 1. The zero-order chi connectivity index (χ0) is 10.5. The van der Waals surface area contributed by atoms with E-state index in [1.165, 1.54) is 0 Å². The summed E-state index contributed by atoms with van der Waals surface area (Å²) in [5.41, 5.74) is 1.10. The van der Waals surface area contributed by atoms with Gasteiger partial charge >= 0.3 is 0 Å². The SMILES string of the molecule is Clc1cccc(/C=C/[n+]2ccccc2)c1.[Br-]. The molecule has 1 heterocycles. The van der Waals surface area contributed by atoms with Crippen molar-refractivity contribution in [3.63, 3.8) is 0 Å². The lowest BCUT2D eigenvalue weighted by molar-refractivity contribution is -0.567. The molecule has 0 saturated carbocycles. The number of rotatable bonds is 2. The van der Waals surface area contributed by atoms with Crippen molar-refractivity contribution in [1.82, 2.24) is 0 Å². The van der Waals surface area contributed by atoms with E-state index in [-0.39, 0.29) is 17.0 Å². The van der Waals surface area contributed by atoms with Crippen molar-refractivity contribution < 1.29 is 21.5 Å². The Morgan fingerprint density at radius 2 is 1.75 bits per heavy atom. The molecule has 0 amide bonds. The predicted molar refractivity (Wildman–Crippen MR) is 63.3 cm³/mol. The smallest absolute Gasteiger partial charge is 0.175 e. The van der Waals surface area contributed by atoms with Crippen LogP contribution in [0.25, 0.3) is 12.3 Å². The highest BCUT2D eigenvalue weighted by Gasteiger charge is 1.92. The lowest BCUT2D eigenvalue weighted by atomic mass is 10.2. The fraction of sp³-hybridized carbons (Fsp3) is 0. The quantitative estimate of drug-likeness (QED) is 0.700. The number of benzene rings is 1. The summed E-state index contributed by atoms with van der Waals surface area (Å²) in [6.45, 7) is 0. The topological polar surface area (TPSA) is 3.88 Å². The first-order chi connectivity index (χ1) is 7.34. The third kappa shape index (κ3) is 3.80. The molecule has 0 spiro atoms. The summed E-state index contributed by atoms with van der Waals surface area (Å²) in [6, 6.07) is 13.7. The van der Waals surface area contributed by atoms with Gasteiger partial charge in [0.1, 0.15) is 0 Å². The van der Waals surface area contributed by atoms with E-state index in [0.717, 1.165) is 10.6 Å². The van der Waals surface area contributed by atoms with E-state index in [9.17, 15) is 0 Å². The van der Waals surface area contributed by atoms with Gasteiger partial charge in [-0.25, -0.2) is 0 Å². The molecule has 0 bridgehead atoms. The summed E-state index contributed by atoms with van der Waals surface area (Å²) in [6.07, 6.45) is 7.99. The normalized spacial score (nSPS) is 10.1. The van der Waals surface area contributed by atoms with Gasteiger partial charge in [-0.3, -0.25) is 0 Å². The lowest BCUT2D eigenvalue weighted by Gasteiger charge is -1.92. The summed E-state index contributed by atoms with van der Waals surface area (Å²) in [5, 5.41) is 0.759. The van der Waals surface area contributed by atoms with Crippen LogP contribution in [0.4, 0.5) is 0 Å². The standard InChI is InChI=1S/C13H11ClN.BrH/c14-13-6-4-5-12(11-13)7-10-15-8-2-1-3-9-15;/h1-11H;1H/q+1;/p-1/b10-7+;. The highest BCUT2D eigenvalue weighted by Crippen LogP contribution is 2.11. The van der Waals surface area contributed by atoms with Crippen LogP contribution in [0, 0.1) is 0 Å². The molecule has 0 aliphatic rings. The molecule has 0 aliphatic heterocycles. The molecule has 0 saturated heterocycles. The van der Waals surface area contributed by atoms with Crippen molar-refractivity contribution in [2.24, 2.45) is 0 Å². The second-order valence-corrected chi connectivity index (χ2v) is 3.63. The fourth-order valence-electron chi connectivity index (χ4n) is 1.29. The molecule has 1 aromatic heterocycles. The molecular weight excluding hydrogens is 286 g/mol. The van der Waals surface area contributed by atoms with Crippen LogP contribution in [0.1, 0.15) is 5.56 Å². The van der Waals surface area contributed by atoms with Crippen LogP contribution in [0.3, 0.4) is 0 Å². The third-order valence-corrected chi connectivity index (χ3v) is 2.26. The molecule has 0 fully saturated rings.